The summed E-state index contributed by atoms with van der Waals surface area (Å²) in [7, 11) is 0. The van der Waals surface area contributed by atoms with Gasteiger partial charge in [0, 0.05) is 6.42 Å². The average molecular weight is 421 g/mol. The van der Waals surface area contributed by atoms with Crippen LogP contribution in [0.2, 0.25) is 0 Å². The molecule has 3 heteroatoms. The maximum Gasteiger partial charge on any atom is 0.142 e. The number of unbranched alkanes of at least 4 members (excludes halogenated alkanes) is 1. The minimum absolute atomic E-state index is 0.208. The summed E-state index contributed by atoms with van der Waals surface area (Å²) in [6.07, 6.45) is 6.25. The Morgan fingerprint density at radius 2 is 1.52 bits per heavy atom. The van der Waals surface area contributed by atoms with Gasteiger partial charge < -0.3 is 9.90 Å². The van der Waals surface area contributed by atoms with E-state index in [0.29, 0.717) is 12.2 Å². The number of aryl methyl sites for hydroxylation is 2. The molecule has 0 radical (unpaired) electrons. The number of para-hydroxylation sites is 1. The fourth-order valence-electron chi connectivity index (χ4n) is 2.49. The van der Waals surface area contributed by atoms with Crippen LogP contribution in [0.3, 0.4) is 0 Å². The summed E-state index contributed by atoms with van der Waals surface area (Å²) in [6.45, 7) is 9.56. The van der Waals surface area contributed by atoms with Crippen LogP contribution in [-0.2, 0) is 9.59 Å². The molecular formula is C28H36O3. The number of benzene rings is 3. The van der Waals surface area contributed by atoms with Gasteiger partial charge in [-0.3, -0.25) is 4.79 Å². The molecule has 1 N–H and O–H groups in total. The third kappa shape index (κ3) is 13.6. The lowest BCUT2D eigenvalue weighted by Gasteiger charge is -1.96. The van der Waals surface area contributed by atoms with Crippen LogP contribution in [-0.4, -0.2) is 17.2 Å². The fraction of sp³-hybridized carbons (Fsp3) is 0.286. The molecule has 0 heterocycles. The molecule has 31 heavy (non-hydrogen) atoms. The van der Waals surface area contributed by atoms with Gasteiger partial charge in [-0.2, -0.15) is 0 Å². The number of aldehydes is 1. The Morgan fingerprint density at radius 1 is 0.903 bits per heavy atom. The molecule has 0 amide bonds. The summed E-state index contributed by atoms with van der Waals surface area (Å²) in [5.41, 5.74) is 2.25. The molecule has 0 aliphatic heterocycles. The predicted molar refractivity (Wildman–Crippen MR) is 133 cm³/mol. The van der Waals surface area contributed by atoms with Crippen molar-refractivity contribution >= 4 is 22.8 Å². The van der Waals surface area contributed by atoms with E-state index in [1.807, 2.05) is 39.0 Å². The first-order valence-electron chi connectivity index (χ1n) is 10.7. The molecule has 3 aromatic carbocycles. The molecule has 0 saturated heterocycles. The smallest absolute Gasteiger partial charge is 0.142 e. The number of ketones is 1. The van der Waals surface area contributed by atoms with E-state index in [0.717, 1.165) is 24.7 Å². The zero-order chi connectivity index (χ0) is 23.5. The molecule has 0 aliphatic rings. The van der Waals surface area contributed by atoms with E-state index in [1.54, 1.807) is 19.1 Å². The van der Waals surface area contributed by atoms with Crippen molar-refractivity contribution in [1.82, 2.24) is 0 Å². The van der Waals surface area contributed by atoms with Crippen LogP contribution in [0, 0.1) is 13.8 Å². The molecule has 0 aliphatic carbocycles. The lowest BCUT2D eigenvalue weighted by atomic mass is 10.1. The largest absolute Gasteiger partial charge is 0.508 e. The first-order chi connectivity index (χ1) is 14.9. The number of rotatable bonds is 5. The molecule has 0 unspecified atom stereocenters. The molecule has 0 fully saturated rings. The van der Waals surface area contributed by atoms with Gasteiger partial charge in [-0.25, -0.2) is 0 Å². The lowest BCUT2D eigenvalue weighted by molar-refractivity contribution is -0.117. The highest BCUT2D eigenvalue weighted by Crippen LogP contribution is 2.14. The minimum Gasteiger partial charge on any atom is -0.508 e. The first kappa shape index (κ1) is 27.8. The van der Waals surface area contributed by atoms with Crippen LogP contribution in [0.1, 0.15) is 51.2 Å². The molecule has 166 valence electrons. The van der Waals surface area contributed by atoms with E-state index >= 15 is 0 Å². The quantitative estimate of drug-likeness (QED) is 0.266. The van der Waals surface area contributed by atoms with Crippen LogP contribution in [0.4, 0.5) is 0 Å². The molecule has 0 atom stereocenters. The fourth-order valence-corrected chi connectivity index (χ4v) is 2.49. The number of fused-ring (bicyclic) bond motifs is 1. The summed E-state index contributed by atoms with van der Waals surface area (Å²) >= 11 is 0. The molecule has 3 aromatic rings. The second-order valence-corrected chi connectivity index (χ2v) is 6.80. The number of phenols is 1. The van der Waals surface area contributed by atoms with Gasteiger partial charge in [-0.1, -0.05) is 86.2 Å². The van der Waals surface area contributed by atoms with Crippen molar-refractivity contribution in [2.24, 2.45) is 0 Å². The van der Waals surface area contributed by atoms with E-state index in [1.165, 1.54) is 22.4 Å². The number of carbonyl (C=O) groups is 2. The Kier molecular flexibility index (Phi) is 15.8. The zero-order valence-corrected chi connectivity index (χ0v) is 19.5. The maximum atomic E-state index is 10.4. The molecule has 0 saturated carbocycles. The number of Topliss-reactive ketones (excluding diaryl/α,β-unsaturated/α-hetero) is 1. The van der Waals surface area contributed by atoms with Gasteiger partial charge in [-0.15, -0.1) is 0 Å². The average Bonchev–Trinajstić information content (AvgIpc) is 2.78. The zero-order valence-electron chi connectivity index (χ0n) is 19.5. The second-order valence-electron chi connectivity index (χ2n) is 6.80. The number of allylic oxidation sites excluding steroid dienone is 2. The van der Waals surface area contributed by atoms with Crippen LogP contribution in [0.15, 0.2) is 78.9 Å². The van der Waals surface area contributed by atoms with Gasteiger partial charge in [0.1, 0.15) is 17.8 Å². The van der Waals surface area contributed by atoms with Gasteiger partial charge in [-0.05, 0) is 62.1 Å². The number of hydrogen-bond donors (Lipinski definition) is 1. The van der Waals surface area contributed by atoms with Crippen molar-refractivity contribution < 1.29 is 14.7 Å². The summed E-state index contributed by atoms with van der Waals surface area (Å²) in [5.74, 6) is 0.576. The van der Waals surface area contributed by atoms with Crippen molar-refractivity contribution in [3.8, 4) is 5.75 Å². The molecule has 0 spiro atoms. The predicted octanol–water partition coefficient (Wildman–Crippen LogP) is 7.38. The van der Waals surface area contributed by atoms with Crippen molar-refractivity contribution in [2.75, 3.05) is 0 Å². The van der Waals surface area contributed by atoms with E-state index < -0.39 is 0 Å². The minimum atomic E-state index is 0.208. The van der Waals surface area contributed by atoms with Crippen molar-refractivity contribution in [1.29, 1.82) is 0 Å². The van der Waals surface area contributed by atoms with Crippen molar-refractivity contribution in [2.45, 2.75) is 53.9 Å². The van der Waals surface area contributed by atoms with E-state index in [9.17, 15) is 9.59 Å². The summed E-state index contributed by atoms with van der Waals surface area (Å²) < 4.78 is 0. The molecule has 3 nitrogen and oxygen atoms in total. The Bertz CT molecular complexity index is 905. The van der Waals surface area contributed by atoms with Crippen molar-refractivity contribution in [3.63, 3.8) is 0 Å². The third-order valence-corrected chi connectivity index (χ3v) is 4.13. The number of aromatic hydroxyl groups is 1. The maximum absolute atomic E-state index is 10.4. The Balaban J connectivity index is 0.000000423. The molecule has 3 rings (SSSR count). The molecular weight excluding hydrogens is 384 g/mol. The summed E-state index contributed by atoms with van der Waals surface area (Å²) in [4.78, 5) is 20.1. The highest BCUT2D eigenvalue weighted by molar-refractivity contribution is 5.82. The topological polar surface area (TPSA) is 54.4 Å². The number of phenolic OH excluding ortho intramolecular Hbond substituents is 1. The highest BCUT2D eigenvalue weighted by Gasteiger charge is 1.90. The molecule has 0 bridgehead atoms. The summed E-state index contributed by atoms with van der Waals surface area (Å²) in [5, 5.41) is 11.6. The lowest BCUT2D eigenvalue weighted by Crippen LogP contribution is -1.87. The van der Waals surface area contributed by atoms with Crippen LogP contribution in [0.25, 0.3) is 10.8 Å². The number of hydrogen-bond acceptors (Lipinski definition) is 3. The van der Waals surface area contributed by atoms with E-state index in [-0.39, 0.29) is 5.78 Å². The first-order valence-corrected chi connectivity index (χ1v) is 10.7. The third-order valence-electron chi connectivity index (χ3n) is 4.13. The summed E-state index contributed by atoms with van der Waals surface area (Å²) in [6, 6.07) is 22.2. The highest BCUT2D eigenvalue weighted by atomic mass is 16.3. The van der Waals surface area contributed by atoms with Crippen LogP contribution in [0.5, 0.6) is 5.75 Å². The van der Waals surface area contributed by atoms with E-state index in [2.05, 4.69) is 49.4 Å². The van der Waals surface area contributed by atoms with Gasteiger partial charge in [0.2, 0.25) is 0 Å². The van der Waals surface area contributed by atoms with Gasteiger partial charge in [0.25, 0.3) is 0 Å². The monoisotopic (exact) mass is 420 g/mol. The number of carbonyl (C=O) groups excluding carboxylic acids is 2. The van der Waals surface area contributed by atoms with Gasteiger partial charge >= 0.3 is 0 Å². The van der Waals surface area contributed by atoms with Crippen LogP contribution >= 0.6 is 0 Å². The second kappa shape index (κ2) is 17.6. The van der Waals surface area contributed by atoms with Crippen molar-refractivity contribution in [3.05, 3.63) is 90.0 Å². The SMILES string of the molecule is CC.CC(=O)CCCC=CC=O.Cc1ccc2ccccc2c1.Cc1ccccc1O. The van der Waals surface area contributed by atoms with Crippen LogP contribution < -0.4 is 0 Å². The Hall–Kier alpha value is -3.20. The standard InChI is InChI=1S/C11H10.C8H12O2.C7H8O.C2H6/c1-9-6-7-10-4-2-3-5-11(10)8-9;1-8(10)6-4-2-3-5-7-9;1-6-4-2-3-5-7(6)8;1-2/h2-8H,1H3;3,5,7H,2,4,6H2,1H3;2-5,8H,1H3;1-2H3. The van der Waals surface area contributed by atoms with E-state index in [4.69, 9.17) is 5.11 Å². The van der Waals surface area contributed by atoms with Gasteiger partial charge in [0.05, 0.1) is 0 Å². The van der Waals surface area contributed by atoms with Gasteiger partial charge in [0.15, 0.2) is 0 Å². The Labute approximate surface area is 187 Å². The Morgan fingerprint density at radius 3 is 2.06 bits per heavy atom. The molecule has 0 aromatic heterocycles. The normalized spacial score (nSPS) is 9.45.